The summed E-state index contributed by atoms with van der Waals surface area (Å²) in [5, 5.41) is 5.54. The number of hydrogen-bond acceptors (Lipinski definition) is 4. The topological polar surface area (TPSA) is 84.5 Å². The predicted octanol–water partition coefficient (Wildman–Crippen LogP) is 4.43. The normalized spacial score (nSPS) is 13.0. The average molecular weight is 508 g/mol. The Hall–Kier alpha value is -2.68. The number of benzene rings is 2. The zero-order chi connectivity index (χ0) is 19.4. The molecule has 2 aliphatic rings. The van der Waals surface area contributed by atoms with Gasteiger partial charge in [-0.25, -0.2) is 4.79 Å². The number of esters is 1. The highest BCUT2D eigenvalue weighted by molar-refractivity contribution is 14.1. The van der Waals surface area contributed by atoms with Crippen LogP contribution < -0.4 is 10.6 Å². The molecule has 0 aromatic heterocycles. The molecule has 0 fully saturated rings. The SMILES string of the molecule is C.C.COC(=O)/C=C/c1cccc2c1CC(=O)N2.O=C1Cc2c(I)cccc2N1. The number of methoxy groups -OCH3 is 1. The van der Waals surface area contributed by atoms with E-state index in [1.54, 1.807) is 6.08 Å². The van der Waals surface area contributed by atoms with Crippen LogP contribution in [0.4, 0.5) is 11.4 Å². The summed E-state index contributed by atoms with van der Waals surface area (Å²) in [6.07, 6.45) is 3.90. The lowest BCUT2D eigenvalue weighted by Crippen LogP contribution is -2.03. The first-order valence-electron chi connectivity index (χ1n) is 8.23. The highest BCUT2D eigenvalue weighted by atomic mass is 127. The highest BCUT2D eigenvalue weighted by Crippen LogP contribution is 2.27. The lowest BCUT2D eigenvalue weighted by molar-refractivity contribution is -0.134. The molecule has 0 saturated carbocycles. The molecule has 0 atom stereocenters. The molecule has 0 aliphatic carbocycles. The minimum absolute atomic E-state index is 0. The van der Waals surface area contributed by atoms with Crippen LogP contribution in [0, 0.1) is 3.57 Å². The summed E-state index contributed by atoms with van der Waals surface area (Å²) in [6.45, 7) is 0. The zero-order valence-electron chi connectivity index (χ0n) is 14.5. The molecule has 2 aliphatic heterocycles. The third kappa shape index (κ3) is 5.90. The van der Waals surface area contributed by atoms with Crippen LogP contribution in [0.5, 0.6) is 0 Å². The molecule has 2 heterocycles. The standard InChI is InChI=1S/C12H11NO3.C8H6INO.2CH4/c1-16-12(15)6-5-8-3-2-4-10-9(8)7-11(14)13-10;9-6-2-1-3-7-5(6)4-8(11)10-7;;/h2-6H,7H2,1H3,(H,13,14);1-3H,4H2,(H,10,11);2*1H4/b6-5+;;;. The van der Waals surface area contributed by atoms with Crippen molar-refractivity contribution in [2.75, 3.05) is 17.7 Å². The van der Waals surface area contributed by atoms with E-state index in [4.69, 9.17) is 0 Å². The maximum absolute atomic E-state index is 11.2. The number of anilines is 2. The van der Waals surface area contributed by atoms with Crippen LogP contribution in [-0.4, -0.2) is 24.9 Å². The van der Waals surface area contributed by atoms with Crippen LogP contribution in [-0.2, 0) is 32.0 Å². The highest BCUT2D eigenvalue weighted by Gasteiger charge is 2.19. The zero-order valence-corrected chi connectivity index (χ0v) is 16.7. The Morgan fingerprint density at radius 1 is 0.966 bits per heavy atom. The minimum Gasteiger partial charge on any atom is -0.466 e. The van der Waals surface area contributed by atoms with E-state index in [-0.39, 0.29) is 26.7 Å². The largest absolute Gasteiger partial charge is 0.466 e. The lowest BCUT2D eigenvalue weighted by Gasteiger charge is -2.01. The fourth-order valence-electron chi connectivity index (χ4n) is 2.87. The molecule has 6 nitrogen and oxygen atoms in total. The van der Waals surface area contributed by atoms with Crippen molar-refractivity contribution in [3.05, 3.63) is 62.7 Å². The number of halogens is 1. The van der Waals surface area contributed by atoms with E-state index in [0.29, 0.717) is 12.8 Å². The molecule has 0 unspecified atom stereocenters. The molecular weight excluding hydrogens is 483 g/mol. The summed E-state index contributed by atoms with van der Waals surface area (Å²) >= 11 is 2.24. The summed E-state index contributed by atoms with van der Waals surface area (Å²) in [5.41, 5.74) is 4.71. The number of carbonyl (C=O) groups excluding carboxylic acids is 3. The lowest BCUT2D eigenvalue weighted by atomic mass is 10.0. The van der Waals surface area contributed by atoms with Crippen molar-refractivity contribution in [2.24, 2.45) is 0 Å². The fourth-order valence-corrected chi connectivity index (χ4v) is 3.56. The van der Waals surface area contributed by atoms with Crippen molar-refractivity contribution >= 4 is 57.8 Å². The van der Waals surface area contributed by atoms with E-state index in [1.165, 1.54) is 16.8 Å². The van der Waals surface area contributed by atoms with Crippen LogP contribution in [0.15, 0.2) is 42.5 Å². The first kappa shape index (κ1) is 24.4. The summed E-state index contributed by atoms with van der Waals surface area (Å²) in [7, 11) is 1.33. The Labute approximate surface area is 184 Å². The van der Waals surface area contributed by atoms with Crippen molar-refractivity contribution in [1.29, 1.82) is 0 Å². The van der Waals surface area contributed by atoms with E-state index >= 15 is 0 Å². The van der Waals surface area contributed by atoms with Gasteiger partial charge in [0, 0.05) is 21.0 Å². The van der Waals surface area contributed by atoms with Crippen LogP contribution >= 0.6 is 22.6 Å². The van der Waals surface area contributed by atoms with Gasteiger partial charge in [0.1, 0.15) is 0 Å². The Morgan fingerprint density at radius 2 is 1.52 bits per heavy atom. The van der Waals surface area contributed by atoms with E-state index in [9.17, 15) is 14.4 Å². The van der Waals surface area contributed by atoms with Crippen molar-refractivity contribution < 1.29 is 19.1 Å². The second-order valence-corrected chi connectivity index (χ2v) is 7.11. The second kappa shape index (κ2) is 10.8. The van der Waals surface area contributed by atoms with Crippen LogP contribution in [0.3, 0.4) is 0 Å². The third-order valence-corrected chi connectivity index (χ3v) is 5.16. The molecule has 7 heteroatoms. The molecule has 29 heavy (non-hydrogen) atoms. The molecule has 2 N–H and O–H groups in total. The van der Waals surface area contributed by atoms with Gasteiger partial charge in [0.2, 0.25) is 11.8 Å². The van der Waals surface area contributed by atoms with Gasteiger partial charge in [-0.1, -0.05) is 33.1 Å². The van der Waals surface area contributed by atoms with Gasteiger partial charge < -0.3 is 15.4 Å². The Kier molecular flexibility index (Phi) is 9.03. The maximum atomic E-state index is 11.2. The van der Waals surface area contributed by atoms with E-state index in [0.717, 1.165) is 28.1 Å². The molecule has 0 radical (unpaired) electrons. The van der Waals surface area contributed by atoms with Crippen LogP contribution in [0.2, 0.25) is 0 Å². The van der Waals surface area contributed by atoms with Gasteiger partial charge in [-0.3, -0.25) is 9.59 Å². The number of hydrogen-bond donors (Lipinski definition) is 2. The number of carbonyl (C=O) groups is 3. The quantitative estimate of drug-likeness (QED) is 0.357. The first-order valence-corrected chi connectivity index (χ1v) is 9.31. The van der Waals surface area contributed by atoms with Crippen molar-refractivity contribution in [3.8, 4) is 0 Å². The maximum Gasteiger partial charge on any atom is 0.330 e. The second-order valence-electron chi connectivity index (χ2n) is 5.95. The molecular formula is C22H25IN2O4. The van der Waals surface area contributed by atoms with Gasteiger partial charge >= 0.3 is 5.97 Å². The monoisotopic (exact) mass is 508 g/mol. The van der Waals surface area contributed by atoms with Gasteiger partial charge in [0.05, 0.1) is 20.0 Å². The first-order chi connectivity index (χ1) is 13.0. The molecule has 2 aromatic carbocycles. The molecule has 2 amide bonds. The predicted molar refractivity (Wildman–Crippen MR) is 125 cm³/mol. The van der Waals surface area contributed by atoms with Gasteiger partial charge in [-0.2, -0.15) is 0 Å². The van der Waals surface area contributed by atoms with E-state index in [1.807, 2.05) is 36.4 Å². The van der Waals surface area contributed by atoms with Crippen molar-refractivity contribution in [1.82, 2.24) is 0 Å². The number of fused-ring (bicyclic) bond motifs is 2. The summed E-state index contributed by atoms with van der Waals surface area (Å²) in [4.78, 5) is 33.1. The fraction of sp³-hybridized carbons (Fsp3) is 0.227. The summed E-state index contributed by atoms with van der Waals surface area (Å²) < 4.78 is 5.67. The molecule has 0 bridgehead atoms. The number of rotatable bonds is 2. The molecule has 0 saturated heterocycles. The smallest absolute Gasteiger partial charge is 0.330 e. The third-order valence-electron chi connectivity index (χ3n) is 4.15. The Balaban J connectivity index is 0.000000286. The van der Waals surface area contributed by atoms with Gasteiger partial charge in [0.15, 0.2) is 0 Å². The minimum atomic E-state index is -0.408. The number of nitrogens with one attached hydrogen (secondary N) is 2. The van der Waals surface area contributed by atoms with Crippen molar-refractivity contribution in [2.45, 2.75) is 27.7 Å². The summed E-state index contributed by atoms with van der Waals surface area (Å²) in [6, 6.07) is 11.4. The van der Waals surface area contributed by atoms with Crippen LogP contribution in [0.25, 0.3) is 6.08 Å². The molecule has 0 spiro atoms. The Morgan fingerprint density at radius 3 is 2.10 bits per heavy atom. The number of amides is 2. The Bertz CT molecular complexity index is 954. The van der Waals surface area contributed by atoms with Gasteiger partial charge in [-0.05, 0) is 63.6 Å². The summed E-state index contributed by atoms with van der Waals surface area (Å²) in [5.74, 6) is -0.326. The van der Waals surface area contributed by atoms with E-state index < -0.39 is 5.97 Å². The van der Waals surface area contributed by atoms with Crippen LogP contribution in [0.1, 0.15) is 31.5 Å². The molecule has 154 valence electrons. The van der Waals surface area contributed by atoms with Gasteiger partial charge in [-0.15, -0.1) is 0 Å². The van der Waals surface area contributed by atoms with Crippen molar-refractivity contribution in [3.63, 3.8) is 0 Å². The molecule has 2 aromatic rings. The molecule has 4 rings (SSSR count). The van der Waals surface area contributed by atoms with Gasteiger partial charge in [0.25, 0.3) is 0 Å². The van der Waals surface area contributed by atoms with E-state index in [2.05, 4.69) is 38.0 Å². The average Bonchev–Trinajstić information content (AvgIpc) is 3.22. The number of ether oxygens (including phenoxy) is 1.